The molecule has 1 aliphatic heterocycles. The molecule has 22 heavy (non-hydrogen) atoms. The first-order valence-electron chi connectivity index (χ1n) is 8.68. The van der Waals surface area contributed by atoms with E-state index in [9.17, 15) is 0 Å². The lowest BCUT2D eigenvalue weighted by atomic mass is 9.87. The van der Waals surface area contributed by atoms with Crippen LogP contribution in [0.3, 0.4) is 0 Å². The van der Waals surface area contributed by atoms with Crippen LogP contribution in [-0.2, 0) is 9.47 Å². The Morgan fingerprint density at radius 1 is 1.27 bits per heavy atom. The lowest BCUT2D eigenvalue weighted by Crippen LogP contribution is -2.48. The van der Waals surface area contributed by atoms with Crippen LogP contribution in [0.2, 0.25) is 0 Å². The van der Waals surface area contributed by atoms with Gasteiger partial charge in [-0.15, -0.1) is 0 Å². The van der Waals surface area contributed by atoms with E-state index in [-0.39, 0.29) is 5.60 Å². The fourth-order valence-corrected chi connectivity index (χ4v) is 3.23. The van der Waals surface area contributed by atoms with E-state index in [1.165, 1.54) is 6.42 Å². The molecule has 1 fully saturated rings. The Morgan fingerprint density at radius 2 is 2.00 bits per heavy atom. The number of ether oxygens (including phenoxy) is 2. The molecule has 0 bridgehead atoms. The van der Waals surface area contributed by atoms with Crippen LogP contribution in [0.15, 0.2) is 17.3 Å². The van der Waals surface area contributed by atoms with Gasteiger partial charge in [-0.25, -0.2) is 0 Å². The molecule has 1 heterocycles. The van der Waals surface area contributed by atoms with Gasteiger partial charge in [-0.05, 0) is 31.6 Å². The molecule has 0 amide bonds. The summed E-state index contributed by atoms with van der Waals surface area (Å²) < 4.78 is 11.4. The number of nitrogens with zero attached hydrogens (tertiary/aromatic N) is 2. The van der Waals surface area contributed by atoms with Gasteiger partial charge in [-0.3, -0.25) is 5.01 Å². The maximum absolute atomic E-state index is 5.88. The van der Waals surface area contributed by atoms with Crippen molar-refractivity contribution in [1.29, 1.82) is 0 Å². The molecule has 1 rings (SSSR count). The number of hydrogen-bond donors (Lipinski definition) is 0. The average molecular weight is 310 g/mol. The third kappa shape index (κ3) is 5.40. The van der Waals surface area contributed by atoms with Crippen molar-refractivity contribution in [2.75, 3.05) is 26.9 Å². The first kappa shape index (κ1) is 19.2. The molecule has 1 saturated heterocycles. The summed E-state index contributed by atoms with van der Waals surface area (Å²) in [7, 11) is 1.83. The number of rotatable bonds is 10. The summed E-state index contributed by atoms with van der Waals surface area (Å²) in [6.45, 7) is 11.0. The van der Waals surface area contributed by atoms with E-state index in [0.29, 0.717) is 25.2 Å². The third-order valence-electron chi connectivity index (χ3n) is 4.59. The van der Waals surface area contributed by atoms with Gasteiger partial charge >= 0.3 is 0 Å². The summed E-state index contributed by atoms with van der Waals surface area (Å²) >= 11 is 0. The Hall–Kier alpha value is -0.870. The standard InChI is InChI=1S/C18H34N2O2/c1-6-18(7-2,21-5)17-11-8-13-20(17)19-12-15-22-14-9-10-16(3)4/h9-10,12,16-17H,6-8,11,13-15H2,1-5H3/b10-9+,19-12+/t17-/m0/s1. The molecule has 1 aliphatic rings. The second kappa shape index (κ2) is 10.0. The van der Waals surface area contributed by atoms with Crippen LogP contribution in [-0.4, -0.2) is 49.7 Å². The summed E-state index contributed by atoms with van der Waals surface area (Å²) in [6, 6.07) is 0.379. The lowest BCUT2D eigenvalue weighted by Gasteiger charge is -2.39. The van der Waals surface area contributed by atoms with Crippen LogP contribution in [0.25, 0.3) is 0 Å². The highest BCUT2D eigenvalue weighted by Crippen LogP contribution is 2.34. The van der Waals surface area contributed by atoms with Gasteiger partial charge in [0.25, 0.3) is 0 Å². The molecular weight excluding hydrogens is 276 g/mol. The minimum absolute atomic E-state index is 0.0747. The van der Waals surface area contributed by atoms with Crippen LogP contribution in [0.4, 0.5) is 0 Å². The Kier molecular flexibility index (Phi) is 8.72. The fourth-order valence-electron chi connectivity index (χ4n) is 3.23. The minimum atomic E-state index is -0.0747. The van der Waals surface area contributed by atoms with Crippen LogP contribution < -0.4 is 0 Å². The highest BCUT2D eigenvalue weighted by Gasteiger charge is 2.41. The van der Waals surface area contributed by atoms with Crippen LogP contribution >= 0.6 is 0 Å². The smallest absolute Gasteiger partial charge is 0.0892 e. The Bertz CT molecular complexity index is 341. The molecule has 4 nitrogen and oxygen atoms in total. The summed E-state index contributed by atoms with van der Waals surface area (Å²) in [4.78, 5) is 0. The molecule has 0 spiro atoms. The van der Waals surface area contributed by atoms with Gasteiger partial charge in [-0.2, -0.15) is 5.10 Å². The minimum Gasteiger partial charge on any atom is -0.376 e. The molecule has 0 aromatic carbocycles. The molecule has 4 heteroatoms. The number of hydrogen-bond acceptors (Lipinski definition) is 4. The molecule has 1 atom stereocenters. The van der Waals surface area contributed by atoms with E-state index in [1.54, 1.807) is 0 Å². The number of hydrazone groups is 1. The maximum Gasteiger partial charge on any atom is 0.0892 e. The zero-order chi connectivity index (χ0) is 16.4. The first-order valence-corrected chi connectivity index (χ1v) is 8.68. The van der Waals surface area contributed by atoms with Crippen molar-refractivity contribution in [3.8, 4) is 0 Å². The van der Waals surface area contributed by atoms with Crippen molar-refractivity contribution in [3.63, 3.8) is 0 Å². The highest BCUT2D eigenvalue weighted by atomic mass is 16.5. The van der Waals surface area contributed by atoms with E-state index in [4.69, 9.17) is 9.47 Å². The van der Waals surface area contributed by atoms with E-state index in [1.807, 2.05) is 13.3 Å². The molecule has 0 aromatic heterocycles. The lowest BCUT2D eigenvalue weighted by molar-refractivity contribution is -0.0731. The highest BCUT2D eigenvalue weighted by molar-refractivity contribution is 5.58. The SMILES string of the molecule is CCC(CC)(OC)[C@@H]1CCCN1/N=C/COC/C=C/C(C)C. The Labute approximate surface area is 136 Å². The molecule has 128 valence electrons. The van der Waals surface area contributed by atoms with Crippen LogP contribution in [0, 0.1) is 5.92 Å². The van der Waals surface area contributed by atoms with E-state index < -0.39 is 0 Å². The van der Waals surface area contributed by atoms with Crippen LogP contribution in [0.1, 0.15) is 53.4 Å². The summed E-state index contributed by atoms with van der Waals surface area (Å²) in [5.74, 6) is 0.577. The van der Waals surface area contributed by atoms with Crippen molar-refractivity contribution in [2.24, 2.45) is 11.0 Å². The topological polar surface area (TPSA) is 34.1 Å². The van der Waals surface area contributed by atoms with E-state index >= 15 is 0 Å². The quantitative estimate of drug-likeness (QED) is 0.349. The van der Waals surface area contributed by atoms with Crippen molar-refractivity contribution < 1.29 is 9.47 Å². The number of allylic oxidation sites excluding steroid dienone is 1. The fraction of sp³-hybridized carbons (Fsp3) is 0.833. The normalized spacial score (nSPS) is 20.1. The molecule has 0 N–H and O–H groups in total. The van der Waals surface area contributed by atoms with Crippen molar-refractivity contribution in [1.82, 2.24) is 5.01 Å². The third-order valence-corrected chi connectivity index (χ3v) is 4.59. The second-order valence-corrected chi connectivity index (χ2v) is 6.30. The zero-order valence-corrected chi connectivity index (χ0v) is 15.0. The zero-order valence-electron chi connectivity index (χ0n) is 15.0. The van der Waals surface area contributed by atoms with E-state index in [2.05, 4.69) is 50.0 Å². The van der Waals surface area contributed by atoms with Crippen molar-refractivity contribution in [3.05, 3.63) is 12.2 Å². The molecule has 0 unspecified atom stereocenters. The van der Waals surface area contributed by atoms with Gasteiger partial charge in [0.05, 0.1) is 31.1 Å². The maximum atomic E-state index is 5.88. The molecule has 0 aliphatic carbocycles. The van der Waals surface area contributed by atoms with Gasteiger partial charge in [0.15, 0.2) is 0 Å². The Morgan fingerprint density at radius 3 is 2.59 bits per heavy atom. The van der Waals surface area contributed by atoms with E-state index in [0.717, 1.165) is 25.8 Å². The first-order chi connectivity index (χ1) is 10.6. The molecule has 0 saturated carbocycles. The second-order valence-electron chi connectivity index (χ2n) is 6.30. The predicted molar refractivity (Wildman–Crippen MR) is 93.3 cm³/mol. The van der Waals surface area contributed by atoms with Gasteiger partial charge in [0, 0.05) is 13.7 Å². The van der Waals surface area contributed by atoms with Crippen molar-refractivity contribution >= 4 is 6.21 Å². The van der Waals surface area contributed by atoms with Gasteiger partial charge in [0.2, 0.25) is 0 Å². The average Bonchev–Trinajstić information content (AvgIpc) is 2.98. The predicted octanol–water partition coefficient (Wildman–Crippen LogP) is 3.87. The molecule has 0 radical (unpaired) electrons. The van der Waals surface area contributed by atoms with Gasteiger partial charge in [-0.1, -0.05) is 39.8 Å². The monoisotopic (exact) mass is 310 g/mol. The van der Waals surface area contributed by atoms with Gasteiger partial charge < -0.3 is 9.47 Å². The summed E-state index contributed by atoms with van der Waals surface area (Å²) in [5.41, 5.74) is -0.0747. The van der Waals surface area contributed by atoms with Gasteiger partial charge in [0.1, 0.15) is 0 Å². The Balaban J connectivity index is 2.45. The summed E-state index contributed by atoms with van der Waals surface area (Å²) in [6.07, 6.45) is 10.5. The molecule has 0 aromatic rings. The summed E-state index contributed by atoms with van der Waals surface area (Å²) in [5, 5.41) is 6.82. The van der Waals surface area contributed by atoms with Crippen LogP contribution in [0.5, 0.6) is 0 Å². The molecular formula is C18H34N2O2. The van der Waals surface area contributed by atoms with Crippen molar-refractivity contribution in [2.45, 2.75) is 65.0 Å². The number of methoxy groups -OCH3 is 1. The largest absolute Gasteiger partial charge is 0.376 e.